The van der Waals surface area contributed by atoms with Crippen molar-refractivity contribution in [2.75, 3.05) is 33.3 Å². The summed E-state index contributed by atoms with van der Waals surface area (Å²) in [6, 6.07) is 4.21. The Morgan fingerprint density at radius 1 is 1.48 bits per heavy atom. The predicted molar refractivity (Wildman–Crippen MR) is 98.0 cm³/mol. The lowest BCUT2D eigenvalue weighted by Gasteiger charge is -2.33. The van der Waals surface area contributed by atoms with Crippen molar-refractivity contribution in [1.29, 1.82) is 0 Å². The maximum absolute atomic E-state index is 11.6. The summed E-state index contributed by atoms with van der Waals surface area (Å²) in [7, 11) is 1.46. The summed E-state index contributed by atoms with van der Waals surface area (Å²) in [5.41, 5.74) is 0. The number of halogens is 1. The fourth-order valence-corrected chi connectivity index (χ4v) is 4.15. The topological polar surface area (TPSA) is 53.9 Å². The Hall–Kier alpha value is -1.08. The van der Waals surface area contributed by atoms with E-state index in [0.29, 0.717) is 0 Å². The van der Waals surface area contributed by atoms with E-state index in [1.54, 1.807) is 11.3 Å². The standard InChI is InChI=1S/C16H24BrN3O2S/c1-3-18-16(19-9-6-13-4-5-14(17)23-13)20-10-7-12(8-11-20)15(21)22-2/h4-5,12H,3,6-11H2,1-2H3,(H,18,19). The van der Waals surface area contributed by atoms with Crippen LogP contribution in [0.5, 0.6) is 0 Å². The average molecular weight is 402 g/mol. The summed E-state index contributed by atoms with van der Waals surface area (Å²) < 4.78 is 6.00. The molecule has 1 aliphatic heterocycles. The highest BCUT2D eigenvalue weighted by molar-refractivity contribution is 9.11. The zero-order valence-corrected chi connectivity index (χ0v) is 16.1. The maximum Gasteiger partial charge on any atom is 0.308 e. The van der Waals surface area contributed by atoms with Gasteiger partial charge in [0.2, 0.25) is 0 Å². The van der Waals surface area contributed by atoms with Crippen molar-refractivity contribution < 1.29 is 9.53 Å². The van der Waals surface area contributed by atoms with Crippen LogP contribution in [0.3, 0.4) is 0 Å². The minimum Gasteiger partial charge on any atom is -0.469 e. The smallest absolute Gasteiger partial charge is 0.308 e. The van der Waals surface area contributed by atoms with Gasteiger partial charge in [0.25, 0.3) is 0 Å². The Kier molecular flexibility index (Phi) is 7.36. The Labute approximate surface area is 150 Å². The normalized spacial score (nSPS) is 16.5. The first-order chi connectivity index (χ1) is 11.1. The van der Waals surface area contributed by atoms with Crippen molar-refractivity contribution in [2.24, 2.45) is 10.9 Å². The molecule has 1 aromatic rings. The highest BCUT2D eigenvalue weighted by Crippen LogP contribution is 2.22. The van der Waals surface area contributed by atoms with Crippen LogP contribution < -0.4 is 5.32 Å². The molecular weight excluding hydrogens is 378 g/mol. The van der Waals surface area contributed by atoms with Gasteiger partial charge in [-0.15, -0.1) is 11.3 Å². The lowest BCUT2D eigenvalue weighted by molar-refractivity contribution is -0.146. The van der Waals surface area contributed by atoms with Crippen LogP contribution in [0.15, 0.2) is 20.9 Å². The Morgan fingerprint density at radius 3 is 2.78 bits per heavy atom. The number of aliphatic imine (C=N–C) groups is 1. The number of likely N-dealkylation sites (tertiary alicyclic amines) is 1. The van der Waals surface area contributed by atoms with Gasteiger partial charge in [-0.2, -0.15) is 0 Å². The number of piperidine rings is 1. The maximum atomic E-state index is 11.6. The molecule has 1 saturated heterocycles. The average Bonchev–Trinajstić information content (AvgIpc) is 2.99. The molecule has 5 nitrogen and oxygen atoms in total. The van der Waals surface area contributed by atoms with Crippen LogP contribution in [0, 0.1) is 5.92 Å². The third-order valence-corrected chi connectivity index (χ3v) is 5.60. The number of carbonyl (C=O) groups excluding carboxylic acids is 1. The number of nitrogens with zero attached hydrogens (tertiary/aromatic N) is 2. The van der Waals surface area contributed by atoms with Gasteiger partial charge in [-0.05, 0) is 47.8 Å². The minimum absolute atomic E-state index is 0.0302. The molecule has 7 heteroatoms. The molecule has 0 bridgehead atoms. The summed E-state index contributed by atoms with van der Waals surface area (Å²) in [4.78, 5) is 19.9. The summed E-state index contributed by atoms with van der Waals surface area (Å²) in [6.45, 7) is 5.38. The summed E-state index contributed by atoms with van der Waals surface area (Å²) in [6.07, 6.45) is 2.60. The van der Waals surface area contributed by atoms with E-state index in [4.69, 9.17) is 9.73 Å². The third-order valence-electron chi connectivity index (χ3n) is 3.91. The summed E-state index contributed by atoms with van der Waals surface area (Å²) in [5.74, 6) is 0.892. The van der Waals surface area contributed by atoms with Crippen molar-refractivity contribution in [3.8, 4) is 0 Å². The number of hydrogen-bond acceptors (Lipinski definition) is 4. The number of esters is 1. The molecule has 128 valence electrons. The molecule has 1 aromatic heterocycles. The molecule has 2 rings (SSSR count). The fourth-order valence-electron chi connectivity index (χ4n) is 2.68. The van der Waals surface area contributed by atoms with E-state index in [2.05, 4.69) is 45.2 Å². The minimum atomic E-state index is -0.0881. The number of thiophene rings is 1. The molecule has 1 fully saturated rings. The van der Waals surface area contributed by atoms with E-state index in [-0.39, 0.29) is 11.9 Å². The van der Waals surface area contributed by atoms with Gasteiger partial charge in [-0.3, -0.25) is 9.79 Å². The predicted octanol–water partition coefficient (Wildman–Crippen LogP) is 2.90. The monoisotopic (exact) mass is 401 g/mol. The number of rotatable bonds is 5. The van der Waals surface area contributed by atoms with E-state index in [0.717, 1.165) is 55.2 Å². The molecule has 2 heterocycles. The SMILES string of the molecule is CCNC(=NCCc1ccc(Br)s1)N1CCC(C(=O)OC)CC1. The Balaban J connectivity index is 1.88. The molecular formula is C16H24BrN3O2S. The van der Waals surface area contributed by atoms with Crippen molar-refractivity contribution in [1.82, 2.24) is 10.2 Å². The molecule has 1 aliphatic rings. The van der Waals surface area contributed by atoms with E-state index >= 15 is 0 Å². The largest absolute Gasteiger partial charge is 0.469 e. The van der Waals surface area contributed by atoms with Crippen LogP contribution in [0.25, 0.3) is 0 Å². The molecule has 0 amide bonds. The zero-order valence-electron chi connectivity index (χ0n) is 13.7. The molecule has 0 radical (unpaired) electrons. The van der Waals surface area contributed by atoms with Gasteiger partial charge in [-0.25, -0.2) is 0 Å². The number of hydrogen-bond donors (Lipinski definition) is 1. The molecule has 1 N–H and O–H groups in total. The van der Waals surface area contributed by atoms with Gasteiger partial charge < -0.3 is 15.0 Å². The van der Waals surface area contributed by atoms with Gasteiger partial charge in [-0.1, -0.05) is 0 Å². The van der Waals surface area contributed by atoms with Crippen LogP contribution in [-0.4, -0.2) is 50.1 Å². The molecule has 0 atom stereocenters. The van der Waals surface area contributed by atoms with E-state index < -0.39 is 0 Å². The van der Waals surface area contributed by atoms with E-state index in [9.17, 15) is 4.79 Å². The van der Waals surface area contributed by atoms with Crippen LogP contribution in [0.2, 0.25) is 0 Å². The first kappa shape index (κ1) is 18.3. The molecule has 0 unspecified atom stereocenters. The van der Waals surface area contributed by atoms with Crippen molar-refractivity contribution in [3.05, 3.63) is 20.8 Å². The Morgan fingerprint density at radius 2 is 2.22 bits per heavy atom. The van der Waals surface area contributed by atoms with Crippen LogP contribution >= 0.6 is 27.3 Å². The van der Waals surface area contributed by atoms with Crippen LogP contribution in [0.1, 0.15) is 24.6 Å². The second-order valence-electron chi connectivity index (χ2n) is 5.48. The second kappa shape index (κ2) is 9.27. The summed E-state index contributed by atoms with van der Waals surface area (Å²) >= 11 is 5.24. The first-order valence-electron chi connectivity index (χ1n) is 7.99. The number of ether oxygens (including phenoxy) is 1. The van der Waals surface area contributed by atoms with Crippen molar-refractivity contribution >= 4 is 39.2 Å². The van der Waals surface area contributed by atoms with Gasteiger partial charge in [0.1, 0.15) is 0 Å². The zero-order chi connectivity index (χ0) is 16.7. The fraction of sp³-hybridized carbons (Fsp3) is 0.625. The number of carbonyl (C=O) groups is 1. The highest BCUT2D eigenvalue weighted by Gasteiger charge is 2.26. The molecule has 0 saturated carbocycles. The number of guanidine groups is 1. The van der Waals surface area contributed by atoms with E-state index in [1.807, 2.05) is 0 Å². The lowest BCUT2D eigenvalue weighted by atomic mass is 9.97. The molecule has 0 aliphatic carbocycles. The van der Waals surface area contributed by atoms with Gasteiger partial charge in [0, 0.05) is 37.5 Å². The highest BCUT2D eigenvalue weighted by atomic mass is 79.9. The lowest BCUT2D eigenvalue weighted by Crippen LogP contribution is -2.46. The van der Waals surface area contributed by atoms with Gasteiger partial charge in [0.05, 0.1) is 16.8 Å². The van der Waals surface area contributed by atoms with Crippen LogP contribution in [-0.2, 0) is 16.0 Å². The molecule has 0 aromatic carbocycles. The Bertz CT molecular complexity index is 539. The quantitative estimate of drug-likeness (QED) is 0.468. The number of methoxy groups -OCH3 is 1. The van der Waals surface area contributed by atoms with Crippen molar-refractivity contribution in [3.63, 3.8) is 0 Å². The van der Waals surface area contributed by atoms with Gasteiger partial charge in [0.15, 0.2) is 5.96 Å². The van der Waals surface area contributed by atoms with Gasteiger partial charge >= 0.3 is 5.97 Å². The van der Waals surface area contributed by atoms with Crippen molar-refractivity contribution in [2.45, 2.75) is 26.2 Å². The van der Waals surface area contributed by atoms with E-state index in [1.165, 1.54) is 12.0 Å². The summed E-state index contributed by atoms with van der Waals surface area (Å²) in [5, 5.41) is 3.36. The molecule has 23 heavy (non-hydrogen) atoms. The second-order valence-corrected chi connectivity index (χ2v) is 8.02. The first-order valence-corrected chi connectivity index (χ1v) is 9.60. The third kappa shape index (κ3) is 5.49. The van der Waals surface area contributed by atoms with Crippen LogP contribution in [0.4, 0.5) is 0 Å². The number of nitrogens with one attached hydrogen (secondary N) is 1. The molecule has 0 spiro atoms.